The van der Waals surface area contributed by atoms with Gasteiger partial charge in [0, 0.05) is 30.5 Å². The van der Waals surface area contributed by atoms with Crippen LogP contribution in [0.25, 0.3) is 0 Å². The van der Waals surface area contributed by atoms with E-state index in [-0.39, 0.29) is 5.91 Å². The van der Waals surface area contributed by atoms with Crippen molar-refractivity contribution in [3.05, 3.63) is 34.3 Å². The van der Waals surface area contributed by atoms with Crippen molar-refractivity contribution < 1.29 is 4.79 Å². The Labute approximate surface area is 105 Å². The second-order valence-electron chi connectivity index (χ2n) is 3.57. The first kappa shape index (κ1) is 13.2. The molecule has 88 valence electrons. The highest BCUT2D eigenvalue weighted by atomic mass is 79.9. The molecule has 0 radical (unpaired) electrons. The minimum Gasteiger partial charge on any atom is -0.339 e. The predicted molar refractivity (Wildman–Crippen MR) is 68.9 cm³/mol. The summed E-state index contributed by atoms with van der Waals surface area (Å²) < 4.78 is 1.05. The molecule has 1 aromatic rings. The minimum atomic E-state index is 0.118. The Kier molecular flexibility index (Phi) is 5.49. The maximum absolute atomic E-state index is 11.7. The molecule has 1 amide bonds. The second kappa shape index (κ2) is 6.66. The van der Waals surface area contributed by atoms with Crippen molar-refractivity contribution in [3.63, 3.8) is 0 Å². The van der Waals surface area contributed by atoms with Gasteiger partial charge in [0.05, 0.1) is 0 Å². The van der Waals surface area contributed by atoms with Crippen molar-refractivity contribution in [2.45, 2.75) is 19.9 Å². The van der Waals surface area contributed by atoms with Crippen LogP contribution in [-0.2, 0) is 11.3 Å². The number of nitrogens with zero attached hydrogens (tertiary/aromatic N) is 1. The summed E-state index contributed by atoms with van der Waals surface area (Å²) in [6.07, 6.45) is 0.421. The molecule has 2 N–H and O–H groups in total. The fraction of sp³-hybridized carbons (Fsp3) is 0.417. The summed E-state index contributed by atoms with van der Waals surface area (Å²) in [5.74, 6) is 0.118. The van der Waals surface area contributed by atoms with E-state index in [4.69, 9.17) is 5.73 Å². The first-order valence-corrected chi connectivity index (χ1v) is 6.19. The fourth-order valence-electron chi connectivity index (χ4n) is 1.47. The number of carbonyl (C=O) groups excluding carboxylic acids is 1. The van der Waals surface area contributed by atoms with E-state index in [2.05, 4.69) is 15.9 Å². The summed E-state index contributed by atoms with van der Waals surface area (Å²) in [5, 5.41) is 0. The second-order valence-corrected chi connectivity index (χ2v) is 4.49. The van der Waals surface area contributed by atoms with Gasteiger partial charge in [0.15, 0.2) is 0 Å². The Balaban J connectivity index is 2.62. The molecule has 0 saturated heterocycles. The highest BCUT2D eigenvalue weighted by molar-refractivity contribution is 9.10. The SMILES string of the molecule is CCN(Cc1ccc(Br)cc1)C(=O)CCN. The maximum atomic E-state index is 11.7. The monoisotopic (exact) mass is 284 g/mol. The molecule has 0 spiro atoms. The molecule has 0 aromatic heterocycles. The Morgan fingerprint density at radius 2 is 2.00 bits per heavy atom. The number of amides is 1. The van der Waals surface area contributed by atoms with Crippen LogP contribution in [0.2, 0.25) is 0 Å². The van der Waals surface area contributed by atoms with Crippen LogP contribution >= 0.6 is 15.9 Å². The largest absolute Gasteiger partial charge is 0.339 e. The average Bonchev–Trinajstić information content (AvgIpc) is 2.28. The molecule has 4 heteroatoms. The Morgan fingerprint density at radius 1 is 1.38 bits per heavy atom. The number of carbonyl (C=O) groups is 1. The van der Waals surface area contributed by atoms with Gasteiger partial charge in [0.25, 0.3) is 0 Å². The number of halogens is 1. The molecule has 0 unspecified atom stereocenters. The molecule has 0 saturated carbocycles. The molecule has 1 rings (SSSR count). The van der Waals surface area contributed by atoms with E-state index in [0.29, 0.717) is 19.5 Å². The van der Waals surface area contributed by atoms with Crippen molar-refractivity contribution in [1.82, 2.24) is 4.90 Å². The minimum absolute atomic E-state index is 0.118. The van der Waals surface area contributed by atoms with Crippen molar-refractivity contribution in [2.24, 2.45) is 5.73 Å². The summed E-state index contributed by atoms with van der Waals surface area (Å²) in [7, 11) is 0. The lowest BCUT2D eigenvalue weighted by molar-refractivity contribution is -0.131. The number of hydrogen-bond donors (Lipinski definition) is 1. The number of rotatable bonds is 5. The summed E-state index contributed by atoms with van der Waals surface area (Å²) in [6.45, 7) is 3.76. The number of hydrogen-bond acceptors (Lipinski definition) is 2. The van der Waals surface area contributed by atoms with E-state index in [0.717, 1.165) is 16.6 Å². The highest BCUT2D eigenvalue weighted by Gasteiger charge is 2.10. The van der Waals surface area contributed by atoms with E-state index in [1.54, 1.807) is 0 Å². The fourth-order valence-corrected chi connectivity index (χ4v) is 1.73. The lowest BCUT2D eigenvalue weighted by Gasteiger charge is -2.20. The van der Waals surface area contributed by atoms with Crippen molar-refractivity contribution in [2.75, 3.05) is 13.1 Å². The van der Waals surface area contributed by atoms with Gasteiger partial charge in [-0.05, 0) is 24.6 Å². The van der Waals surface area contributed by atoms with Crippen molar-refractivity contribution in [1.29, 1.82) is 0 Å². The quantitative estimate of drug-likeness (QED) is 0.901. The smallest absolute Gasteiger partial charge is 0.224 e. The molecule has 0 atom stereocenters. The van der Waals surface area contributed by atoms with Crippen LogP contribution in [0.15, 0.2) is 28.7 Å². The first-order chi connectivity index (χ1) is 7.67. The first-order valence-electron chi connectivity index (χ1n) is 5.39. The molecule has 0 bridgehead atoms. The third kappa shape index (κ3) is 3.94. The zero-order valence-corrected chi connectivity index (χ0v) is 11.0. The Morgan fingerprint density at radius 3 is 2.50 bits per heavy atom. The zero-order chi connectivity index (χ0) is 12.0. The molecule has 0 heterocycles. The van der Waals surface area contributed by atoms with Gasteiger partial charge >= 0.3 is 0 Å². The maximum Gasteiger partial charge on any atom is 0.224 e. The summed E-state index contributed by atoms with van der Waals surface area (Å²) in [4.78, 5) is 13.5. The summed E-state index contributed by atoms with van der Waals surface area (Å²) in [6, 6.07) is 8.00. The van der Waals surface area contributed by atoms with Crippen LogP contribution in [0.4, 0.5) is 0 Å². The standard InChI is InChI=1S/C12H17BrN2O/c1-2-15(12(16)7-8-14)9-10-3-5-11(13)6-4-10/h3-6H,2,7-9,14H2,1H3. The third-order valence-corrected chi connectivity index (χ3v) is 2.91. The molecular formula is C12H17BrN2O. The summed E-state index contributed by atoms with van der Waals surface area (Å²) in [5.41, 5.74) is 6.52. The Bertz CT molecular complexity index is 337. The number of benzene rings is 1. The lowest BCUT2D eigenvalue weighted by Crippen LogP contribution is -2.31. The zero-order valence-electron chi connectivity index (χ0n) is 9.45. The van der Waals surface area contributed by atoms with Gasteiger partial charge in [-0.2, -0.15) is 0 Å². The normalized spacial score (nSPS) is 10.2. The van der Waals surface area contributed by atoms with Gasteiger partial charge in [-0.1, -0.05) is 28.1 Å². The molecular weight excluding hydrogens is 268 g/mol. The highest BCUT2D eigenvalue weighted by Crippen LogP contribution is 2.12. The average molecular weight is 285 g/mol. The van der Waals surface area contributed by atoms with Crippen molar-refractivity contribution in [3.8, 4) is 0 Å². The number of nitrogens with two attached hydrogens (primary N) is 1. The molecule has 0 aliphatic carbocycles. The Hall–Kier alpha value is -0.870. The third-order valence-electron chi connectivity index (χ3n) is 2.38. The van der Waals surface area contributed by atoms with E-state index in [1.807, 2.05) is 36.1 Å². The van der Waals surface area contributed by atoms with Gasteiger partial charge in [0.1, 0.15) is 0 Å². The van der Waals surface area contributed by atoms with Gasteiger partial charge in [0.2, 0.25) is 5.91 Å². The summed E-state index contributed by atoms with van der Waals surface area (Å²) >= 11 is 3.39. The van der Waals surface area contributed by atoms with Crippen molar-refractivity contribution >= 4 is 21.8 Å². The molecule has 0 fully saturated rings. The van der Waals surface area contributed by atoms with E-state index >= 15 is 0 Å². The lowest BCUT2D eigenvalue weighted by atomic mass is 10.2. The van der Waals surface area contributed by atoms with Gasteiger partial charge in [-0.25, -0.2) is 0 Å². The predicted octanol–water partition coefficient (Wildman–Crippen LogP) is 2.15. The van der Waals surface area contributed by atoms with Crippen LogP contribution in [0.5, 0.6) is 0 Å². The van der Waals surface area contributed by atoms with Crippen LogP contribution in [0.3, 0.4) is 0 Å². The van der Waals surface area contributed by atoms with Crippen LogP contribution < -0.4 is 5.73 Å². The van der Waals surface area contributed by atoms with Gasteiger partial charge in [-0.3, -0.25) is 4.79 Å². The van der Waals surface area contributed by atoms with Gasteiger partial charge < -0.3 is 10.6 Å². The van der Waals surface area contributed by atoms with E-state index in [9.17, 15) is 4.79 Å². The van der Waals surface area contributed by atoms with E-state index in [1.165, 1.54) is 0 Å². The van der Waals surface area contributed by atoms with Crippen LogP contribution in [0.1, 0.15) is 18.9 Å². The molecule has 0 aliphatic heterocycles. The molecule has 16 heavy (non-hydrogen) atoms. The van der Waals surface area contributed by atoms with E-state index < -0.39 is 0 Å². The van der Waals surface area contributed by atoms with Crippen LogP contribution in [-0.4, -0.2) is 23.9 Å². The van der Waals surface area contributed by atoms with Crippen LogP contribution in [0, 0.1) is 0 Å². The van der Waals surface area contributed by atoms with Gasteiger partial charge in [-0.15, -0.1) is 0 Å². The topological polar surface area (TPSA) is 46.3 Å². The molecule has 1 aromatic carbocycles. The molecule has 0 aliphatic rings. The molecule has 3 nitrogen and oxygen atoms in total.